The Hall–Kier alpha value is -0.0800. The molecular formula is C12H24N2. The summed E-state index contributed by atoms with van der Waals surface area (Å²) in [6.45, 7) is 7.08. The van der Waals surface area contributed by atoms with Gasteiger partial charge < -0.3 is 5.73 Å². The number of piperidine rings is 1. The first kappa shape index (κ1) is 10.4. The van der Waals surface area contributed by atoms with E-state index in [2.05, 4.69) is 18.7 Å². The monoisotopic (exact) mass is 196 g/mol. The van der Waals surface area contributed by atoms with Crippen LogP contribution in [0.3, 0.4) is 0 Å². The first-order valence-electron chi connectivity index (χ1n) is 6.09. The molecule has 0 spiro atoms. The fourth-order valence-electron chi connectivity index (χ4n) is 3.00. The van der Waals surface area contributed by atoms with Gasteiger partial charge in [-0.05, 0) is 31.2 Å². The molecule has 0 aromatic carbocycles. The van der Waals surface area contributed by atoms with Gasteiger partial charge in [0.15, 0.2) is 0 Å². The molecule has 1 saturated heterocycles. The summed E-state index contributed by atoms with van der Waals surface area (Å²) in [4.78, 5) is 2.69. The lowest BCUT2D eigenvalue weighted by atomic mass is 9.79. The zero-order valence-electron chi connectivity index (χ0n) is 9.63. The second-order valence-electron chi connectivity index (χ2n) is 5.79. The van der Waals surface area contributed by atoms with Gasteiger partial charge in [-0.1, -0.05) is 26.7 Å². The van der Waals surface area contributed by atoms with Gasteiger partial charge in [-0.2, -0.15) is 0 Å². The van der Waals surface area contributed by atoms with E-state index in [0.29, 0.717) is 11.5 Å². The van der Waals surface area contributed by atoms with E-state index < -0.39 is 0 Å². The SMILES string of the molecule is CC1(C)CN(C2CCCC2)CCC1N. The fourth-order valence-corrected chi connectivity index (χ4v) is 3.00. The average molecular weight is 196 g/mol. The van der Waals surface area contributed by atoms with Crippen molar-refractivity contribution in [2.24, 2.45) is 11.1 Å². The molecule has 0 aromatic rings. The second kappa shape index (κ2) is 3.82. The van der Waals surface area contributed by atoms with Crippen molar-refractivity contribution in [2.75, 3.05) is 13.1 Å². The zero-order valence-corrected chi connectivity index (χ0v) is 9.63. The third-order valence-electron chi connectivity index (χ3n) is 4.18. The lowest BCUT2D eigenvalue weighted by molar-refractivity contribution is 0.0629. The average Bonchev–Trinajstić information content (AvgIpc) is 2.62. The van der Waals surface area contributed by atoms with E-state index in [0.717, 1.165) is 6.04 Å². The molecule has 1 heterocycles. The Kier molecular flexibility index (Phi) is 2.85. The van der Waals surface area contributed by atoms with Gasteiger partial charge in [-0.25, -0.2) is 0 Å². The van der Waals surface area contributed by atoms with Crippen molar-refractivity contribution in [1.82, 2.24) is 4.90 Å². The van der Waals surface area contributed by atoms with E-state index in [4.69, 9.17) is 5.73 Å². The van der Waals surface area contributed by atoms with Crippen molar-refractivity contribution >= 4 is 0 Å². The molecular weight excluding hydrogens is 172 g/mol. The predicted octanol–water partition coefficient (Wildman–Crippen LogP) is 1.99. The van der Waals surface area contributed by atoms with Crippen LogP contribution >= 0.6 is 0 Å². The Bertz CT molecular complexity index is 194. The van der Waals surface area contributed by atoms with Crippen molar-refractivity contribution in [2.45, 2.75) is 58.0 Å². The minimum absolute atomic E-state index is 0.320. The summed E-state index contributed by atoms with van der Waals surface area (Å²) < 4.78 is 0. The van der Waals surface area contributed by atoms with Crippen LogP contribution in [0.25, 0.3) is 0 Å². The molecule has 2 rings (SSSR count). The Morgan fingerprint density at radius 1 is 1.14 bits per heavy atom. The molecule has 2 aliphatic rings. The summed E-state index contributed by atoms with van der Waals surface area (Å²) >= 11 is 0. The molecule has 2 nitrogen and oxygen atoms in total. The Labute approximate surface area is 87.8 Å². The summed E-state index contributed by atoms with van der Waals surface area (Å²) in [6.07, 6.45) is 6.90. The van der Waals surface area contributed by atoms with Crippen molar-refractivity contribution in [1.29, 1.82) is 0 Å². The van der Waals surface area contributed by atoms with E-state index in [9.17, 15) is 0 Å². The van der Waals surface area contributed by atoms with Gasteiger partial charge in [0, 0.05) is 18.6 Å². The summed E-state index contributed by atoms with van der Waals surface area (Å²) in [5, 5.41) is 0. The standard InChI is InChI=1S/C12H24N2/c1-12(2)9-14(8-7-11(12)13)10-5-3-4-6-10/h10-11H,3-9,13H2,1-2H3. The highest BCUT2D eigenvalue weighted by atomic mass is 15.2. The van der Waals surface area contributed by atoms with Crippen LogP contribution in [0.1, 0.15) is 46.0 Å². The molecule has 2 heteroatoms. The molecule has 1 aliphatic carbocycles. The van der Waals surface area contributed by atoms with Crippen molar-refractivity contribution in [3.63, 3.8) is 0 Å². The molecule has 2 fully saturated rings. The minimum atomic E-state index is 0.320. The largest absolute Gasteiger partial charge is 0.327 e. The van der Waals surface area contributed by atoms with E-state index in [1.54, 1.807) is 0 Å². The van der Waals surface area contributed by atoms with Crippen LogP contribution in [0.15, 0.2) is 0 Å². The number of hydrogen-bond acceptors (Lipinski definition) is 2. The van der Waals surface area contributed by atoms with Gasteiger partial charge >= 0.3 is 0 Å². The summed E-state index contributed by atoms with van der Waals surface area (Å²) in [7, 11) is 0. The fraction of sp³-hybridized carbons (Fsp3) is 1.00. The first-order chi connectivity index (χ1) is 6.59. The molecule has 0 bridgehead atoms. The highest BCUT2D eigenvalue weighted by Gasteiger charge is 2.36. The van der Waals surface area contributed by atoms with E-state index in [1.165, 1.54) is 45.2 Å². The molecule has 1 atom stereocenters. The molecule has 1 saturated carbocycles. The van der Waals surface area contributed by atoms with Gasteiger partial charge in [0.2, 0.25) is 0 Å². The molecule has 0 amide bonds. The number of rotatable bonds is 1. The molecule has 1 aliphatic heterocycles. The Morgan fingerprint density at radius 2 is 1.79 bits per heavy atom. The smallest absolute Gasteiger partial charge is 0.0115 e. The normalized spacial score (nSPS) is 34.9. The van der Waals surface area contributed by atoms with Gasteiger partial charge in [-0.3, -0.25) is 4.90 Å². The van der Waals surface area contributed by atoms with Crippen LogP contribution in [0.2, 0.25) is 0 Å². The molecule has 0 radical (unpaired) electrons. The van der Waals surface area contributed by atoms with E-state index in [-0.39, 0.29) is 0 Å². The maximum atomic E-state index is 6.15. The first-order valence-corrected chi connectivity index (χ1v) is 6.09. The van der Waals surface area contributed by atoms with Gasteiger partial charge in [0.25, 0.3) is 0 Å². The van der Waals surface area contributed by atoms with E-state index in [1.807, 2.05) is 0 Å². The van der Waals surface area contributed by atoms with Gasteiger partial charge in [0.05, 0.1) is 0 Å². The number of nitrogens with zero attached hydrogens (tertiary/aromatic N) is 1. The van der Waals surface area contributed by atoms with Crippen LogP contribution in [-0.2, 0) is 0 Å². The van der Waals surface area contributed by atoms with Crippen LogP contribution < -0.4 is 5.73 Å². The van der Waals surface area contributed by atoms with Crippen LogP contribution in [0, 0.1) is 5.41 Å². The molecule has 82 valence electrons. The Morgan fingerprint density at radius 3 is 2.36 bits per heavy atom. The minimum Gasteiger partial charge on any atom is -0.327 e. The van der Waals surface area contributed by atoms with Crippen molar-refractivity contribution in [3.8, 4) is 0 Å². The van der Waals surface area contributed by atoms with Crippen molar-refractivity contribution < 1.29 is 0 Å². The summed E-state index contributed by atoms with van der Waals surface area (Å²) in [5.74, 6) is 0. The lowest BCUT2D eigenvalue weighted by Gasteiger charge is -2.45. The third kappa shape index (κ3) is 1.96. The maximum absolute atomic E-state index is 6.15. The predicted molar refractivity (Wildman–Crippen MR) is 60.2 cm³/mol. The summed E-state index contributed by atoms with van der Waals surface area (Å²) in [5.41, 5.74) is 6.47. The summed E-state index contributed by atoms with van der Waals surface area (Å²) in [6, 6.07) is 1.28. The molecule has 2 N–H and O–H groups in total. The quantitative estimate of drug-likeness (QED) is 0.695. The molecule has 0 aromatic heterocycles. The molecule has 14 heavy (non-hydrogen) atoms. The Balaban J connectivity index is 1.95. The number of nitrogens with two attached hydrogens (primary N) is 1. The number of likely N-dealkylation sites (tertiary alicyclic amines) is 1. The van der Waals surface area contributed by atoms with Crippen LogP contribution in [-0.4, -0.2) is 30.1 Å². The van der Waals surface area contributed by atoms with Crippen LogP contribution in [0.4, 0.5) is 0 Å². The third-order valence-corrected chi connectivity index (χ3v) is 4.18. The lowest BCUT2D eigenvalue weighted by Crippen LogP contribution is -2.54. The second-order valence-corrected chi connectivity index (χ2v) is 5.79. The van der Waals surface area contributed by atoms with Crippen LogP contribution in [0.5, 0.6) is 0 Å². The van der Waals surface area contributed by atoms with Gasteiger partial charge in [0.1, 0.15) is 0 Å². The van der Waals surface area contributed by atoms with E-state index >= 15 is 0 Å². The zero-order chi connectivity index (χ0) is 10.2. The van der Waals surface area contributed by atoms with Gasteiger partial charge in [-0.15, -0.1) is 0 Å². The maximum Gasteiger partial charge on any atom is 0.0115 e. The highest BCUT2D eigenvalue weighted by molar-refractivity contribution is 4.92. The topological polar surface area (TPSA) is 29.3 Å². The van der Waals surface area contributed by atoms with Crippen molar-refractivity contribution in [3.05, 3.63) is 0 Å². The molecule has 1 unspecified atom stereocenters. The highest BCUT2D eigenvalue weighted by Crippen LogP contribution is 2.32. The number of hydrogen-bond donors (Lipinski definition) is 1.